The zero-order valence-corrected chi connectivity index (χ0v) is 13.0. The molecule has 6 heteroatoms. The molecule has 2 N–H and O–H groups in total. The Morgan fingerprint density at radius 1 is 1.27 bits per heavy atom. The van der Waals surface area contributed by atoms with Gasteiger partial charge in [-0.3, -0.25) is 9.59 Å². The SMILES string of the molecule is COc1cc(C(=O)N[C@@H](CC(=O)O)C2CC2)cc(OC)c1C. The lowest BCUT2D eigenvalue weighted by atomic mass is 10.1. The summed E-state index contributed by atoms with van der Waals surface area (Å²) in [4.78, 5) is 23.3. The third kappa shape index (κ3) is 3.69. The second-order valence-corrected chi connectivity index (χ2v) is 5.52. The fraction of sp³-hybridized carbons (Fsp3) is 0.500. The van der Waals surface area contributed by atoms with Crippen molar-refractivity contribution in [2.45, 2.75) is 32.2 Å². The molecule has 1 aromatic carbocycles. The van der Waals surface area contributed by atoms with Crippen molar-refractivity contribution in [3.8, 4) is 11.5 Å². The van der Waals surface area contributed by atoms with E-state index in [1.165, 1.54) is 14.2 Å². The summed E-state index contributed by atoms with van der Waals surface area (Å²) in [5, 5.41) is 11.8. The minimum atomic E-state index is -0.906. The quantitative estimate of drug-likeness (QED) is 0.805. The molecule has 0 aromatic heterocycles. The number of carbonyl (C=O) groups is 2. The maximum Gasteiger partial charge on any atom is 0.305 e. The zero-order chi connectivity index (χ0) is 16.3. The highest BCUT2D eigenvalue weighted by Gasteiger charge is 2.34. The van der Waals surface area contributed by atoms with E-state index in [0.717, 1.165) is 18.4 Å². The number of carboxylic acid groups (broad SMARTS) is 1. The van der Waals surface area contributed by atoms with Crippen molar-refractivity contribution in [1.29, 1.82) is 0 Å². The lowest BCUT2D eigenvalue weighted by Gasteiger charge is -2.17. The van der Waals surface area contributed by atoms with Gasteiger partial charge in [-0.05, 0) is 37.8 Å². The Morgan fingerprint density at radius 3 is 2.23 bits per heavy atom. The number of carboxylic acids is 1. The number of methoxy groups -OCH3 is 2. The van der Waals surface area contributed by atoms with Crippen LogP contribution >= 0.6 is 0 Å². The summed E-state index contributed by atoms with van der Waals surface area (Å²) < 4.78 is 10.5. The fourth-order valence-corrected chi connectivity index (χ4v) is 2.49. The Hall–Kier alpha value is -2.24. The molecule has 1 amide bonds. The van der Waals surface area contributed by atoms with Gasteiger partial charge in [0.2, 0.25) is 0 Å². The molecule has 0 heterocycles. The van der Waals surface area contributed by atoms with Crippen molar-refractivity contribution >= 4 is 11.9 Å². The molecular formula is C16H21NO5. The third-order valence-electron chi connectivity index (χ3n) is 3.92. The van der Waals surface area contributed by atoms with Crippen LogP contribution in [-0.4, -0.2) is 37.2 Å². The lowest BCUT2D eigenvalue weighted by Crippen LogP contribution is -2.38. The molecule has 0 spiro atoms. The zero-order valence-electron chi connectivity index (χ0n) is 13.0. The molecule has 1 saturated carbocycles. The van der Waals surface area contributed by atoms with Crippen LogP contribution in [0, 0.1) is 12.8 Å². The highest BCUT2D eigenvalue weighted by Crippen LogP contribution is 2.34. The fourth-order valence-electron chi connectivity index (χ4n) is 2.49. The van der Waals surface area contributed by atoms with Crippen LogP contribution in [0.15, 0.2) is 12.1 Å². The summed E-state index contributed by atoms with van der Waals surface area (Å²) in [6.07, 6.45) is 1.86. The van der Waals surface area contributed by atoms with Crippen molar-refractivity contribution in [2.75, 3.05) is 14.2 Å². The maximum atomic E-state index is 12.4. The summed E-state index contributed by atoms with van der Waals surface area (Å²) in [6.45, 7) is 1.84. The van der Waals surface area contributed by atoms with Crippen molar-refractivity contribution in [3.63, 3.8) is 0 Å². The maximum absolute atomic E-state index is 12.4. The molecule has 0 saturated heterocycles. The first-order valence-electron chi connectivity index (χ1n) is 7.21. The minimum absolute atomic E-state index is 0.0590. The lowest BCUT2D eigenvalue weighted by molar-refractivity contribution is -0.137. The van der Waals surface area contributed by atoms with E-state index >= 15 is 0 Å². The largest absolute Gasteiger partial charge is 0.496 e. The van der Waals surface area contributed by atoms with Crippen molar-refractivity contribution < 1.29 is 24.2 Å². The second-order valence-electron chi connectivity index (χ2n) is 5.52. The molecule has 120 valence electrons. The summed E-state index contributed by atoms with van der Waals surface area (Å²) in [7, 11) is 3.06. The summed E-state index contributed by atoms with van der Waals surface area (Å²) in [6, 6.07) is 2.94. The van der Waals surface area contributed by atoms with E-state index in [0.29, 0.717) is 17.1 Å². The van der Waals surface area contributed by atoms with E-state index in [-0.39, 0.29) is 24.3 Å². The molecule has 0 aliphatic heterocycles. The van der Waals surface area contributed by atoms with Gasteiger partial charge in [0, 0.05) is 17.2 Å². The number of carbonyl (C=O) groups excluding carboxylic acids is 1. The summed E-state index contributed by atoms with van der Waals surface area (Å²) in [5.41, 5.74) is 1.21. The molecule has 6 nitrogen and oxygen atoms in total. The van der Waals surface area contributed by atoms with Gasteiger partial charge >= 0.3 is 5.97 Å². The summed E-state index contributed by atoms with van der Waals surface area (Å²) >= 11 is 0. The third-order valence-corrected chi connectivity index (χ3v) is 3.92. The average Bonchev–Trinajstić information content (AvgIpc) is 3.30. The second kappa shape index (κ2) is 6.68. The molecule has 1 fully saturated rings. The van der Waals surface area contributed by atoms with E-state index in [1.54, 1.807) is 12.1 Å². The molecule has 1 aromatic rings. The molecule has 0 unspecified atom stereocenters. The molecule has 1 aliphatic carbocycles. The highest BCUT2D eigenvalue weighted by molar-refractivity contribution is 5.95. The minimum Gasteiger partial charge on any atom is -0.496 e. The number of ether oxygens (including phenoxy) is 2. The van der Waals surface area contributed by atoms with Crippen LogP contribution in [0.2, 0.25) is 0 Å². The molecule has 1 atom stereocenters. The van der Waals surface area contributed by atoms with E-state index < -0.39 is 5.97 Å². The molecule has 0 bridgehead atoms. The van der Waals surface area contributed by atoms with E-state index in [9.17, 15) is 9.59 Å². The van der Waals surface area contributed by atoms with Gasteiger partial charge in [-0.2, -0.15) is 0 Å². The normalized spacial score (nSPS) is 15.0. The number of rotatable bonds is 7. The van der Waals surface area contributed by atoms with Crippen LogP contribution in [0.5, 0.6) is 11.5 Å². The van der Waals surface area contributed by atoms with Crippen LogP contribution < -0.4 is 14.8 Å². The van der Waals surface area contributed by atoms with Crippen LogP contribution in [0.25, 0.3) is 0 Å². The Morgan fingerprint density at radius 2 is 1.82 bits per heavy atom. The molecule has 0 radical (unpaired) electrons. The van der Waals surface area contributed by atoms with Crippen molar-refractivity contribution in [1.82, 2.24) is 5.32 Å². The standard InChI is InChI=1S/C16H21NO5/c1-9-13(21-2)6-11(7-14(9)22-3)16(20)17-12(8-15(18)19)10-4-5-10/h6-7,10,12H,4-5,8H2,1-3H3,(H,17,20)(H,18,19)/t12-/m0/s1. The first kappa shape index (κ1) is 16.1. The van der Waals surface area contributed by atoms with Gasteiger partial charge in [-0.25, -0.2) is 0 Å². The van der Waals surface area contributed by atoms with Crippen molar-refractivity contribution in [2.24, 2.45) is 5.92 Å². The monoisotopic (exact) mass is 307 g/mol. The van der Waals surface area contributed by atoms with E-state index in [1.807, 2.05) is 6.92 Å². The number of amides is 1. The number of hydrogen-bond donors (Lipinski definition) is 2. The number of hydrogen-bond acceptors (Lipinski definition) is 4. The molecule has 2 rings (SSSR count). The number of aliphatic carboxylic acids is 1. The predicted molar refractivity (Wildman–Crippen MR) is 80.5 cm³/mol. The smallest absolute Gasteiger partial charge is 0.305 e. The average molecular weight is 307 g/mol. The Labute approximate surface area is 129 Å². The topological polar surface area (TPSA) is 84.9 Å². The van der Waals surface area contributed by atoms with Gasteiger partial charge in [-0.15, -0.1) is 0 Å². The molecule has 1 aliphatic rings. The predicted octanol–water partition coefficient (Wildman–Crippen LogP) is 2.00. The van der Waals surface area contributed by atoms with Crippen LogP contribution in [0.1, 0.15) is 35.2 Å². The van der Waals surface area contributed by atoms with Crippen LogP contribution in [-0.2, 0) is 4.79 Å². The Balaban J connectivity index is 2.19. The van der Waals surface area contributed by atoms with Gasteiger partial charge in [-0.1, -0.05) is 0 Å². The Kier molecular flexibility index (Phi) is 4.90. The van der Waals surface area contributed by atoms with Gasteiger partial charge in [0.25, 0.3) is 5.91 Å². The van der Waals surface area contributed by atoms with Crippen molar-refractivity contribution in [3.05, 3.63) is 23.3 Å². The first-order valence-corrected chi connectivity index (χ1v) is 7.21. The molecular weight excluding hydrogens is 286 g/mol. The van der Waals surface area contributed by atoms with Crippen LogP contribution in [0.3, 0.4) is 0 Å². The van der Waals surface area contributed by atoms with Gasteiger partial charge in [0.1, 0.15) is 11.5 Å². The number of benzene rings is 1. The number of nitrogens with one attached hydrogen (secondary N) is 1. The first-order chi connectivity index (χ1) is 10.5. The van der Waals surface area contributed by atoms with Gasteiger partial charge in [0.05, 0.1) is 20.6 Å². The summed E-state index contributed by atoms with van der Waals surface area (Å²) in [5.74, 6) is 0.164. The van der Waals surface area contributed by atoms with Gasteiger partial charge < -0.3 is 19.9 Å². The van der Waals surface area contributed by atoms with E-state index in [2.05, 4.69) is 5.32 Å². The Bertz CT molecular complexity index is 555. The molecule has 22 heavy (non-hydrogen) atoms. The van der Waals surface area contributed by atoms with Crippen LogP contribution in [0.4, 0.5) is 0 Å². The van der Waals surface area contributed by atoms with E-state index in [4.69, 9.17) is 14.6 Å². The highest BCUT2D eigenvalue weighted by atomic mass is 16.5. The van der Waals surface area contributed by atoms with Gasteiger partial charge in [0.15, 0.2) is 0 Å².